The van der Waals surface area contributed by atoms with E-state index in [4.69, 9.17) is 12.2 Å². The Balaban J connectivity index is 2.26. The molecule has 0 amide bonds. The lowest BCUT2D eigenvalue weighted by atomic mass is 10.0. The molecule has 0 aliphatic heterocycles. The van der Waals surface area contributed by atoms with Gasteiger partial charge in [-0.1, -0.05) is 39.3 Å². The van der Waals surface area contributed by atoms with Gasteiger partial charge in [0.05, 0.1) is 12.1 Å². The van der Waals surface area contributed by atoms with E-state index >= 15 is 0 Å². The van der Waals surface area contributed by atoms with Crippen LogP contribution in [0.3, 0.4) is 0 Å². The maximum absolute atomic E-state index is 12.8. The van der Waals surface area contributed by atoms with Crippen molar-refractivity contribution in [3.8, 4) is 0 Å². The Bertz CT molecular complexity index is 873. The molecule has 0 unspecified atom stereocenters. The first-order valence-electron chi connectivity index (χ1n) is 10.8. The molecule has 2 aromatic rings. The van der Waals surface area contributed by atoms with E-state index < -0.39 is 0 Å². The van der Waals surface area contributed by atoms with Crippen LogP contribution in [0.4, 0.5) is 0 Å². The van der Waals surface area contributed by atoms with Gasteiger partial charge in [-0.3, -0.25) is 4.79 Å². The molecule has 2 rings (SSSR count). The predicted octanol–water partition coefficient (Wildman–Crippen LogP) is 3.96. The Kier molecular flexibility index (Phi) is 9.11. The number of nitrogens with one attached hydrogen (secondary N) is 2. The molecule has 160 valence electrons. The third-order valence-corrected chi connectivity index (χ3v) is 6.07. The van der Waals surface area contributed by atoms with E-state index in [2.05, 4.69) is 66.9 Å². The third-order valence-electron chi connectivity index (χ3n) is 5.66. The van der Waals surface area contributed by atoms with Crippen LogP contribution in [-0.4, -0.2) is 52.6 Å². The van der Waals surface area contributed by atoms with Crippen LogP contribution >= 0.6 is 12.2 Å². The lowest BCUT2D eigenvalue weighted by molar-refractivity contribution is 0.263. The van der Waals surface area contributed by atoms with Crippen molar-refractivity contribution in [2.24, 2.45) is 0 Å². The van der Waals surface area contributed by atoms with Crippen molar-refractivity contribution in [2.75, 3.05) is 32.7 Å². The second kappa shape index (κ2) is 11.3. The molecular formula is C23H36N4OS. The molecule has 0 saturated heterocycles. The summed E-state index contributed by atoms with van der Waals surface area (Å²) in [5, 5.41) is 5.16. The zero-order chi connectivity index (χ0) is 21.4. The van der Waals surface area contributed by atoms with Crippen LogP contribution in [0.25, 0.3) is 10.9 Å². The van der Waals surface area contributed by atoms with Gasteiger partial charge in [0.15, 0.2) is 5.11 Å². The predicted molar refractivity (Wildman–Crippen MR) is 128 cm³/mol. The quantitative estimate of drug-likeness (QED) is 0.453. The molecule has 6 heteroatoms. The smallest absolute Gasteiger partial charge is 0.253 e. The van der Waals surface area contributed by atoms with Gasteiger partial charge in [-0.05, 0) is 68.2 Å². The summed E-state index contributed by atoms with van der Waals surface area (Å²) in [4.78, 5) is 20.4. The van der Waals surface area contributed by atoms with Crippen LogP contribution in [0, 0.1) is 13.8 Å². The molecule has 29 heavy (non-hydrogen) atoms. The molecule has 1 aromatic carbocycles. The number of benzene rings is 1. The van der Waals surface area contributed by atoms with Gasteiger partial charge in [0.1, 0.15) is 0 Å². The number of unbranched alkanes of at least 4 members (excludes halogenated alkanes) is 1. The lowest BCUT2D eigenvalue weighted by Gasteiger charge is -2.29. The molecule has 5 nitrogen and oxygen atoms in total. The van der Waals surface area contributed by atoms with Gasteiger partial charge >= 0.3 is 0 Å². The molecule has 0 saturated carbocycles. The number of hydrogen-bond acceptors (Lipinski definition) is 3. The van der Waals surface area contributed by atoms with Crippen LogP contribution in [0.15, 0.2) is 23.0 Å². The fraction of sp³-hybridized carbons (Fsp3) is 0.565. The molecule has 0 spiro atoms. The molecule has 0 atom stereocenters. The number of aromatic nitrogens is 1. The van der Waals surface area contributed by atoms with E-state index in [-0.39, 0.29) is 5.56 Å². The number of nitrogens with zero attached hydrogens (tertiary/aromatic N) is 2. The number of aromatic amines is 1. The number of pyridine rings is 1. The summed E-state index contributed by atoms with van der Waals surface area (Å²) < 4.78 is 0. The Morgan fingerprint density at radius 1 is 1.14 bits per heavy atom. The zero-order valence-corrected chi connectivity index (χ0v) is 19.4. The summed E-state index contributed by atoms with van der Waals surface area (Å²) in [6.45, 7) is 15.7. The van der Waals surface area contributed by atoms with Crippen LogP contribution in [0.5, 0.6) is 0 Å². The largest absolute Gasteiger partial charge is 0.363 e. The van der Waals surface area contributed by atoms with Crippen molar-refractivity contribution in [1.82, 2.24) is 20.1 Å². The highest BCUT2D eigenvalue weighted by atomic mass is 32.1. The molecule has 0 fully saturated rings. The molecule has 0 bridgehead atoms. The molecule has 0 aliphatic rings. The van der Waals surface area contributed by atoms with E-state index in [0.717, 1.165) is 72.7 Å². The Labute approximate surface area is 180 Å². The van der Waals surface area contributed by atoms with E-state index in [1.54, 1.807) is 0 Å². The summed E-state index contributed by atoms with van der Waals surface area (Å²) >= 11 is 5.67. The highest BCUT2D eigenvalue weighted by molar-refractivity contribution is 7.80. The second-order valence-electron chi connectivity index (χ2n) is 7.63. The van der Waals surface area contributed by atoms with Gasteiger partial charge in [-0.25, -0.2) is 0 Å². The number of likely N-dealkylation sites (N-methyl/N-ethyl adjacent to an activating group) is 1. The fourth-order valence-corrected chi connectivity index (χ4v) is 3.69. The van der Waals surface area contributed by atoms with Crippen molar-refractivity contribution in [3.05, 3.63) is 45.2 Å². The monoisotopic (exact) mass is 416 g/mol. The SMILES string of the molecule is CCCCNC(=S)N(CCN(CC)CC)Cc1cc2ccc(C)c(C)c2[nH]c1=O. The van der Waals surface area contributed by atoms with E-state index in [1.807, 2.05) is 6.07 Å². The average molecular weight is 417 g/mol. The molecule has 1 aromatic heterocycles. The average Bonchev–Trinajstić information content (AvgIpc) is 2.71. The molecule has 0 radical (unpaired) electrons. The number of rotatable bonds is 10. The van der Waals surface area contributed by atoms with E-state index in [9.17, 15) is 4.79 Å². The third kappa shape index (κ3) is 6.28. The standard InChI is InChI=1S/C23H36N4OS/c1-6-9-12-24-23(29)27(14-13-26(7-2)8-3)16-20-15-19-11-10-17(4)18(5)21(19)25-22(20)28/h10-11,15H,6-9,12-14,16H2,1-5H3,(H,24,29)(H,25,28). The second-order valence-corrected chi connectivity index (χ2v) is 8.02. The van der Waals surface area contributed by atoms with E-state index in [0.29, 0.717) is 6.54 Å². The lowest BCUT2D eigenvalue weighted by Crippen LogP contribution is -2.44. The minimum Gasteiger partial charge on any atom is -0.363 e. The minimum atomic E-state index is -0.0320. The first-order chi connectivity index (χ1) is 13.9. The van der Waals surface area contributed by atoms with Crippen LogP contribution in [-0.2, 0) is 6.54 Å². The van der Waals surface area contributed by atoms with Crippen LogP contribution in [0.2, 0.25) is 0 Å². The van der Waals surface area contributed by atoms with Crippen LogP contribution in [0.1, 0.15) is 50.3 Å². The summed E-state index contributed by atoms with van der Waals surface area (Å²) in [5.41, 5.74) is 3.96. The van der Waals surface area contributed by atoms with Gasteiger partial charge < -0.3 is 20.1 Å². The van der Waals surface area contributed by atoms with Gasteiger partial charge in [0, 0.05) is 25.2 Å². The zero-order valence-electron chi connectivity index (χ0n) is 18.6. The number of hydrogen-bond donors (Lipinski definition) is 2. The van der Waals surface area contributed by atoms with Gasteiger partial charge in [-0.2, -0.15) is 0 Å². The topological polar surface area (TPSA) is 51.4 Å². The maximum Gasteiger partial charge on any atom is 0.253 e. The summed E-state index contributed by atoms with van der Waals surface area (Å²) in [6, 6.07) is 6.20. The highest BCUT2D eigenvalue weighted by Crippen LogP contribution is 2.19. The van der Waals surface area contributed by atoms with E-state index in [1.165, 1.54) is 5.56 Å². The number of aryl methyl sites for hydroxylation is 2. The van der Waals surface area contributed by atoms with Crippen LogP contribution < -0.4 is 10.9 Å². The van der Waals surface area contributed by atoms with Gasteiger partial charge in [0.2, 0.25) is 0 Å². The number of thiocarbonyl (C=S) groups is 1. The Hall–Kier alpha value is -1.92. The number of H-pyrrole nitrogens is 1. The molecule has 2 N–H and O–H groups in total. The molecule has 0 aliphatic carbocycles. The van der Waals surface area contributed by atoms with Gasteiger partial charge in [0.25, 0.3) is 5.56 Å². The fourth-order valence-electron chi connectivity index (χ4n) is 3.43. The minimum absolute atomic E-state index is 0.0320. The Morgan fingerprint density at radius 3 is 2.52 bits per heavy atom. The molecule has 1 heterocycles. The summed E-state index contributed by atoms with van der Waals surface area (Å²) in [5.74, 6) is 0. The van der Waals surface area contributed by atoms with Crippen molar-refractivity contribution >= 4 is 28.2 Å². The number of fused-ring (bicyclic) bond motifs is 1. The van der Waals surface area contributed by atoms with Crippen molar-refractivity contribution in [3.63, 3.8) is 0 Å². The summed E-state index contributed by atoms with van der Waals surface area (Å²) in [7, 11) is 0. The van der Waals surface area contributed by atoms with Crippen molar-refractivity contribution in [1.29, 1.82) is 0 Å². The van der Waals surface area contributed by atoms with Gasteiger partial charge in [-0.15, -0.1) is 0 Å². The first-order valence-corrected chi connectivity index (χ1v) is 11.2. The maximum atomic E-state index is 12.8. The van der Waals surface area contributed by atoms with Crippen molar-refractivity contribution < 1.29 is 0 Å². The normalized spacial score (nSPS) is 11.2. The first kappa shape index (κ1) is 23.4. The molecular weight excluding hydrogens is 380 g/mol. The Morgan fingerprint density at radius 2 is 1.86 bits per heavy atom. The van der Waals surface area contributed by atoms with Crippen molar-refractivity contribution in [2.45, 2.75) is 54.0 Å². The highest BCUT2D eigenvalue weighted by Gasteiger charge is 2.15. The summed E-state index contributed by atoms with van der Waals surface area (Å²) in [6.07, 6.45) is 2.21.